The molecule has 3 fully saturated rings. The molecule has 2 atom stereocenters. The van der Waals surface area contributed by atoms with Gasteiger partial charge in [-0.3, -0.25) is 15.8 Å². The standard InChI is InChI=1S/C30H49N5O3/c1-3-4-17-30(19-22-9-6-5-7-10-22)27(36)35(28(31)34-30)21-24-15-13-23(14-16-24)20-32-29(37)33-25-11-8-12-26(18-25)38-2/h8,11-12,18,22-24,28,34H,3-7,9-10,13-17,19-21,31H2,1-2H3,(H2,32,33,37). The van der Waals surface area contributed by atoms with Crippen LogP contribution in [0.3, 0.4) is 0 Å². The van der Waals surface area contributed by atoms with E-state index in [1.165, 1.54) is 32.1 Å². The molecule has 2 aliphatic carbocycles. The topological polar surface area (TPSA) is 109 Å². The highest BCUT2D eigenvalue weighted by atomic mass is 16.5. The number of carbonyl (C=O) groups excluding carboxylic acids is 2. The van der Waals surface area contributed by atoms with Gasteiger partial charge in [-0.1, -0.05) is 57.9 Å². The second kappa shape index (κ2) is 13.7. The van der Waals surface area contributed by atoms with Gasteiger partial charge in [0.05, 0.1) is 7.11 Å². The molecule has 1 heterocycles. The number of hydrogen-bond acceptors (Lipinski definition) is 5. The largest absolute Gasteiger partial charge is 0.497 e. The Morgan fingerprint density at radius 3 is 2.55 bits per heavy atom. The van der Waals surface area contributed by atoms with E-state index in [-0.39, 0.29) is 18.2 Å². The number of methoxy groups -OCH3 is 1. The van der Waals surface area contributed by atoms with Crippen molar-refractivity contribution in [2.45, 2.75) is 102 Å². The summed E-state index contributed by atoms with van der Waals surface area (Å²) in [6.45, 7) is 3.59. The first-order valence-corrected chi connectivity index (χ1v) is 15.0. The summed E-state index contributed by atoms with van der Waals surface area (Å²) in [6.07, 6.45) is 14.2. The Labute approximate surface area is 228 Å². The normalized spacial score (nSPS) is 28.3. The summed E-state index contributed by atoms with van der Waals surface area (Å²) in [5, 5.41) is 9.50. The highest BCUT2D eigenvalue weighted by Crippen LogP contribution is 2.38. The number of hydrogen-bond donors (Lipinski definition) is 4. The third kappa shape index (κ3) is 7.41. The predicted molar refractivity (Wildman–Crippen MR) is 152 cm³/mol. The van der Waals surface area contributed by atoms with Crippen molar-refractivity contribution in [3.63, 3.8) is 0 Å². The van der Waals surface area contributed by atoms with E-state index < -0.39 is 5.54 Å². The lowest BCUT2D eigenvalue weighted by Gasteiger charge is -2.34. The molecule has 5 N–H and O–H groups in total. The van der Waals surface area contributed by atoms with Crippen LogP contribution in [0.4, 0.5) is 10.5 Å². The van der Waals surface area contributed by atoms with Gasteiger partial charge in [0.15, 0.2) is 0 Å². The van der Waals surface area contributed by atoms with E-state index in [1.807, 2.05) is 23.1 Å². The van der Waals surface area contributed by atoms with E-state index in [0.29, 0.717) is 35.7 Å². The van der Waals surface area contributed by atoms with Gasteiger partial charge in [-0.15, -0.1) is 0 Å². The van der Waals surface area contributed by atoms with Gasteiger partial charge in [-0.25, -0.2) is 4.79 Å². The van der Waals surface area contributed by atoms with Crippen LogP contribution in [-0.2, 0) is 4.79 Å². The molecular weight excluding hydrogens is 478 g/mol. The van der Waals surface area contributed by atoms with Crippen molar-refractivity contribution in [2.24, 2.45) is 23.5 Å². The minimum Gasteiger partial charge on any atom is -0.497 e. The molecule has 212 valence electrons. The molecule has 3 aliphatic rings. The van der Waals surface area contributed by atoms with Crippen LogP contribution in [-0.4, -0.2) is 48.9 Å². The molecule has 8 heteroatoms. The zero-order chi connectivity index (χ0) is 27.0. The number of nitrogens with zero attached hydrogens (tertiary/aromatic N) is 1. The first-order chi connectivity index (χ1) is 18.4. The number of nitrogens with one attached hydrogen (secondary N) is 3. The Morgan fingerprint density at radius 1 is 1.11 bits per heavy atom. The monoisotopic (exact) mass is 527 g/mol. The Bertz CT molecular complexity index is 913. The molecule has 0 aromatic heterocycles. The first kappa shape index (κ1) is 28.7. The average molecular weight is 528 g/mol. The molecule has 38 heavy (non-hydrogen) atoms. The number of urea groups is 1. The lowest BCUT2D eigenvalue weighted by Crippen LogP contribution is -2.50. The summed E-state index contributed by atoms with van der Waals surface area (Å²) in [6, 6.07) is 7.16. The Balaban J connectivity index is 1.24. The van der Waals surface area contributed by atoms with Gasteiger partial charge in [0.2, 0.25) is 5.91 Å². The number of rotatable bonds is 11. The fourth-order valence-corrected chi connectivity index (χ4v) is 6.82. The summed E-state index contributed by atoms with van der Waals surface area (Å²) >= 11 is 0. The fourth-order valence-electron chi connectivity index (χ4n) is 6.82. The molecule has 1 aromatic rings. The highest BCUT2D eigenvalue weighted by Gasteiger charge is 2.50. The van der Waals surface area contributed by atoms with Crippen LogP contribution in [0.15, 0.2) is 24.3 Å². The molecule has 0 radical (unpaired) electrons. The molecule has 0 spiro atoms. The summed E-state index contributed by atoms with van der Waals surface area (Å²) in [7, 11) is 1.61. The number of benzene rings is 1. The quantitative estimate of drug-likeness (QED) is 0.316. The SMILES string of the molecule is CCCCC1(CC2CCCCC2)NC(N)N(CC2CCC(CNC(=O)Nc3cccc(OC)c3)CC2)C1=O. The van der Waals surface area contributed by atoms with Crippen LogP contribution in [0, 0.1) is 17.8 Å². The summed E-state index contributed by atoms with van der Waals surface area (Å²) < 4.78 is 5.22. The van der Waals surface area contributed by atoms with E-state index in [9.17, 15) is 9.59 Å². The van der Waals surface area contributed by atoms with E-state index >= 15 is 0 Å². The molecule has 3 amide bonds. The third-order valence-corrected chi connectivity index (χ3v) is 9.05. The van der Waals surface area contributed by atoms with E-state index in [4.69, 9.17) is 10.5 Å². The van der Waals surface area contributed by atoms with Gasteiger partial charge in [0.25, 0.3) is 0 Å². The van der Waals surface area contributed by atoms with Crippen LogP contribution in [0.25, 0.3) is 0 Å². The number of nitrogens with two attached hydrogens (primary N) is 1. The molecule has 1 saturated heterocycles. The molecule has 0 bridgehead atoms. The molecule has 2 saturated carbocycles. The second-order valence-corrected chi connectivity index (χ2v) is 11.9. The van der Waals surface area contributed by atoms with E-state index in [0.717, 1.165) is 57.9 Å². The van der Waals surface area contributed by atoms with Crippen LogP contribution in [0.5, 0.6) is 5.75 Å². The smallest absolute Gasteiger partial charge is 0.319 e. The van der Waals surface area contributed by atoms with Crippen molar-refractivity contribution in [3.05, 3.63) is 24.3 Å². The Kier molecular flexibility index (Phi) is 10.3. The highest BCUT2D eigenvalue weighted by molar-refractivity contribution is 5.89. The van der Waals surface area contributed by atoms with Crippen molar-refractivity contribution < 1.29 is 14.3 Å². The summed E-state index contributed by atoms with van der Waals surface area (Å²) in [5.41, 5.74) is 6.80. The lowest BCUT2D eigenvalue weighted by atomic mass is 9.77. The number of amides is 3. The Hall–Kier alpha value is -2.32. The maximum Gasteiger partial charge on any atom is 0.319 e. The average Bonchev–Trinajstić information content (AvgIpc) is 3.16. The van der Waals surface area contributed by atoms with Gasteiger partial charge in [-0.05, 0) is 68.4 Å². The van der Waals surface area contributed by atoms with Crippen molar-refractivity contribution in [2.75, 3.05) is 25.5 Å². The van der Waals surface area contributed by atoms with Gasteiger partial charge < -0.3 is 20.3 Å². The lowest BCUT2D eigenvalue weighted by molar-refractivity contribution is -0.135. The number of carbonyl (C=O) groups is 2. The minimum atomic E-state index is -0.477. The van der Waals surface area contributed by atoms with Crippen LogP contribution in [0.2, 0.25) is 0 Å². The number of ether oxygens (including phenoxy) is 1. The molecule has 4 rings (SSSR count). The van der Waals surface area contributed by atoms with Crippen LogP contribution in [0.1, 0.15) is 90.4 Å². The van der Waals surface area contributed by atoms with Gasteiger partial charge in [-0.2, -0.15) is 0 Å². The Morgan fingerprint density at radius 2 is 1.84 bits per heavy atom. The van der Waals surface area contributed by atoms with Crippen molar-refractivity contribution in [3.8, 4) is 5.75 Å². The van der Waals surface area contributed by atoms with Gasteiger partial charge >= 0.3 is 6.03 Å². The minimum absolute atomic E-state index is 0.193. The maximum atomic E-state index is 13.8. The summed E-state index contributed by atoms with van der Waals surface area (Å²) in [5.74, 6) is 2.50. The second-order valence-electron chi connectivity index (χ2n) is 11.9. The predicted octanol–water partition coefficient (Wildman–Crippen LogP) is 5.20. The van der Waals surface area contributed by atoms with Crippen LogP contribution >= 0.6 is 0 Å². The zero-order valence-electron chi connectivity index (χ0n) is 23.5. The molecule has 8 nitrogen and oxygen atoms in total. The molecular formula is C30H49N5O3. The van der Waals surface area contributed by atoms with Crippen LogP contribution < -0.4 is 26.4 Å². The van der Waals surface area contributed by atoms with Crippen molar-refractivity contribution in [1.29, 1.82) is 0 Å². The van der Waals surface area contributed by atoms with Gasteiger partial charge in [0.1, 0.15) is 17.6 Å². The van der Waals surface area contributed by atoms with E-state index in [1.54, 1.807) is 13.2 Å². The molecule has 1 aliphatic heterocycles. The number of anilines is 1. The first-order valence-electron chi connectivity index (χ1n) is 15.0. The van der Waals surface area contributed by atoms with E-state index in [2.05, 4.69) is 22.9 Å². The number of unbranched alkanes of at least 4 members (excludes halogenated alkanes) is 1. The fraction of sp³-hybridized carbons (Fsp3) is 0.733. The molecule has 1 aromatic carbocycles. The third-order valence-electron chi connectivity index (χ3n) is 9.05. The summed E-state index contributed by atoms with van der Waals surface area (Å²) in [4.78, 5) is 28.2. The maximum absolute atomic E-state index is 13.8. The molecule has 2 unspecified atom stereocenters. The van der Waals surface area contributed by atoms with Crippen molar-refractivity contribution >= 4 is 17.6 Å². The zero-order valence-corrected chi connectivity index (χ0v) is 23.5. The van der Waals surface area contributed by atoms with Crippen molar-refractivity contribution in [1.82, 2.24) is 15.5 Å². The van der Waals surface area contributed by atoms with Gasteiger partial charge in [0, 0.05) is 24.8 Å².